The normalized spacial score (nSPS) is 31.6. The van der Waals surface area contributed by atoms with Crippen LogP contribution in [0, 0.1) is 0 Å². The van der Waals surface area contributed by atoms with Crippen LogP contribution < -0.4 is 17.0 Å². The zero-order valence-corrected chi connectivity index (χ0v) is 32.0. The minimum atomic E-state index is -5.26. The number of aromatic amines is 1. The highest BCUT2D eigenvalue weighted by Crippen LogP contribution is 2.65. The van der Waals surface area contributed by atoms with Crippen LogP contribution in [0.5, 0.6) is 5.75 Å². The molecule has 3 aliphatic heterocycles. The second kappa shape index (κ2) is 15.8. The first-order valence-electron chi connectivity index (χ1n) is 17.2. The lowest BCUT2D eigenvalue weighted by molar-refractivity contribution is -0.0635. The van der Waals surface area contributed by atoms with Crippen LogP contribution in [0.25, 0.3) is 11.2 Å². The Morgan fingerprint density at radius 3 is 2.29 bits per heavy atom. The highest BCUT2D eigenvalue weighted by Gasteiger charge is 2.55. The van der Waals surface area contributed by atoms with Gasteiger partial charge in [-0.25, -0.2) is 37.7 Å². The number of carbonyl (C=O) groups excluding carboxylic acids is 1. The Morgan fingerprint density at radius 2 is 1.57 bits per heavy atom. The van der Waals surface area contributed by atoms with Gasteiger partial charge in [0.25, 0.3) is 5.56 Å². The monoisotopic (exact) mass is 865 g/mol. The number of carbonyl (C=O) groups is 1. The number of imidazole rings is 1. The third kappa shape index (κ3) is 8.02. The maximum atomic E-state index is 16.4. The van der Waals surface area contributed by atoms with E-state index >= 15 is 8.78 Å². The summed E-state index contributed by atoms with van der Waals surface area (Å²) in [5, 5.41) is 9.57. The SMILES string of the molecule is Nc1ncnc2c1ncn2[C@@H]1OC2COP(=O)(SCc3ccc(C(=O)c4ccc(O)cc4)cc3)O[C@@H]3[C@H](F)[C@@H](COP(=O)(O)O[C@H]2[C@H]1F)O[C@H]3n1ccc(=O)[nH]c1=O. The molecule has 5 N–H and O–H groups in total. The van der Waals surface area contributed by atoms with Gasteiger partial charge in [-0.15, -0.1) is 0 Å². The first kappa shape index (κ1) is 40.1. The third-order valence-electron chi connectivity index (χ3n) is 9.36. The number of nitrogens with one attached hydrogen (secondary N) is 1. The number of phosphoric ester groups is 1. The van der Waals surface area contributed by atoms with Crippen molar-refractivity contribution < 1.29 is 60.3 Å². The van der Waals surface area contributed by atoms with E-state index in [0.717, 1.165) is 34.1 Å². The van der Waals surface area contributed by atoms with Crippen LogP contribution in [-0.2, 0) is 42.5 Å². The van der Waals surface area contributed by atoms with Crippen LogP contribution in [0.1, 0.15) is 33.9 Å². The average Bonchev–Trinajstić information content (AvgIpc) is 3.86. The number of halogens is 2. The number of anilines is 1. The van der Waals surface area contributed by atoms with E-state index in [9.17, 15) is 33.5 Å². The largest absolute Gasteiger partial charge is 0.508 e. The zero-order chi connectivity index (χ0) is 40.9. The van der Waals surface area contributed by atoms with Gasteiger partial charge >= 0.3 is 20.3 Å². The number of aromatic hydroxyl groups is 1. The summed E-state index contributed by atoms with van der Waals surface area (Å²) in [7, 11) is -5.26. The summed E-state index contributed by atoms with van der Waals surface area (Å²) in [6, 6.07) is 12.8. The molecule has 3 fully saturated rings. The molecular formula is C33H31F2N7O13P2S. The number of phenols is 1. The summed E-state index contributed by atoms with van der Waals surface area (Å²) in [4.78, 5) is 62.4. The molecule has 306 valence electrons. The van der Waals surface area contributed by atoms with E-state index in [0.29, 0.717) is 28.1 Å². The number of hydrogen-bond donors (Lipinski definition) is 4. The highest BCUT2D eigenvalue weighted by molar-refractivity contribution is 8.54. The molecule has 3 aliphatic rings. The number of nitrogen functional groups attached to an aromatic ring is 1. The van der Waals surface area contributed by atoms with Gasteiger partial charge in [-0.3, -0.25) is 41.8 Å². The Kier molecular flexibility index (Phi) is 11.0. The summed E-state index contributed by atoms with van der Waals surface area (Å²) < 4.78 is 96.3. The van der Waals surface area contributed by atoms with Crippen molar-refractivity contribution in [2.45, 2.75) is 55.0 Å². The summed E-state index contributed by atoms with van der Waals surface area (Å²) in [6.45, 7) is -6.53. The van der Waals surface area contributed by atoms with E-state index in [1.54, 1.807) is 12.1 Å². The summed E-state index contributed by atoms with van der Waals surface area (Å²) in [5.41, 5.74) is 5.31. The average molecular weight is 866 g/mol. The van der Waals surface area contributed by atoms with Gasteiger partial charge in [-0.1, -0.05) is 24.3 Å². The Morgan fingerprint density at radius 1 is 0.879 bits per heavy atom. The predicted molar refractivity (Wildman–Crippen MR) is 197 cm³/mol. The van der Waals surface area contributed by atoms with Gasteiger partial charge in [0.2, 0.25) is 0 Å². The number of ether oxygens (including phenoxy) is 2. The van der Waals surface area contributed by atoms with Crippen molar-refractivity contribution in [2.75, 3.05) is 18.9 Å². The van der Waals surface area contributed by atoms with E-state index in [4.69, 9.17) is 33.3 Å². The van der Waals surface area contributed by atoms with Crippen molar-refractivity contribution in [2.24, 2.45) is 0 Å². The zero-order valence-electron chi connectivity index (χ0n) is 29.4. The summed E-state index contributed by atoms with van der Waals surface area (Å²) in [6.07, 6.45) is -11.9. The molecule has 3 saturated heterocycles. The lowest BCUT2D eigenvalue weighted by Gasteiger charge is -2.27. The lowest BCUT2D eigenvalue weighted by Crippen LogP contribution is -2.37. The number of H-pyrrole nitrogens is 1. The van der Waals surface area contributed by atoms with Crippen molar-refractivity contribution in [1.82, 2.24) is 29.1 Å². The molecule has 2 aromatic carbocycles. The van der Waals surface area contributed by atoms with Crippen LogP contribution in [0.4, 0.5) is 14.6 Å². The van der Waals surface area contributed by atoms with E-state index in [1.807, 2.05) is 4.98 Å². The lowest BCUT2D eigenvalue weighted by atomic mass is 10.0. The number of hydrogen-bond acceptors (Lipinski definition) is 17. The summed E-state index contributed by atoms with van der Waals surface area (Å²) in [5.74, 6) is -0.510. The number of nitrogens with zero attached hydrogens (tertiary/aromatic N) is 5. The molecule has 58 heavy (non-hydrogen) atoms. The van der Waals surface area contributed by atoms with Crippen molar-refractivity contribution in [3.63, 3.8) is 0 Å². The van der Waals surface area contributed by atoms with Gasteiger partial charge in [-0.2, -0.15) is 0 Å². The fourth-order valence-electron chi connectivity index (χ4n) is 6.48. The second-order valence-electron chi connectivity index (χ2n) is 13.1. The first-order valence-corrected chi connectivity index (χ1v) is 21.8. The van der Waals surface area contributed by atoms with E-state index in [-0.39, 0.29) is 34.3 Å². The summed E-state index contributed by atoms with van der Waals surface area (Å²) >= 11 is 0.561. The molecule has 10 atom stereocenters. The van der Waals surface area contributed by atoms with Crippen molar-refractivity contribution >= 4 is 48.8 Å². The van der Waals surface area contributed by atoms with Gasteiger partial charge in [-0.05, 0) is 41.2 Å². The minimum Gasteiger partial charge on any atom is -0.508 e. The number of rotatable bonds is 7. The van der Waals surface area contributed by atoms with E-state index in [1.165, 1.54) is 36.4 Å². The number of nitrogens with two attached hydrogens (primary N) is 1. The molecule has 6 heterocycles. The maximum Gasteiger partial charge on any atom is 0.472 e. The molecule has 0 aliphatic carbocycles. The number of fused-ring (bicyclic) bond motifs is 4. The number of alkyl halides is 2. The van der Waals surface area contributed by atoms with Crippen LogP contribution in [0.3, 0.4) is 0 Å². The molecule has 3 aromatic heterocycles. The maximum absolute atomic E-state index is 16.4. The standard InChI is InChI=1S/C33H31F2N7O13P2S/c34-23-20-11-50-56(47,48)54-27-21(53-31(24(27)35)42-15-39-25-29(36)37-14-38-30(25)42)12-51-57(49,55-28(23)32(52-20)41-10-9-22(44)40-33(41)46)58-13-16-1-3-17(4-2-16)26(45)18-5-7-19(43)8-6-18/h1-10,14-15,20-21,23-24,27-28,31-32,43H,11-13H2,(H,47,48)(H2,36,37,38)(H,40,44,46)/t20-,21?,23-,24-,27-,28-,31-,32-,57?/m1/s1. The fraction of sp³-hybridized carbons (Fsp3) is 0.333. The topological polar surface area (TPSA) is 272 Å². The van der Waals surface area contributed by atoms with Crippen LogP contribution in [-0.4, -0.2) is 94.8 Å². The molecular weight excluding hydrogens is 834 g/mol. The molecule has 0 amide bonds. The number of benzene rings is 2. The van der Waals surface area contributed by atoms with Gasteiger partial charge in [0, 0.05) is 29.1 Å². The van der Waals surface area contributed by atoms with E-state index in [2.05, 4.69) is 15.0 Å². The Bertz CT molecular complexity index is 2570. The Labute approximate surface area is 328 Å². The molecule has 25 heteroatoms. The van der Waals surface area contributed by atoms with Crippen molar-refractivity contribution in [3.8, 4) is 5.75 Å². The fourth-order valence-corrected chi connectivity index (χ4v) is 10.8. The molecule has 8 rings (SSSR count). The number of aromatic nitrogens is 6. The molecule has 2 bridgehead atoms. The van der Waals surface area contributed by atoms with Crippen LogP contribution >= 0.6 is 26.0 Å². The molecule has 5 aromatic rings. The smallest absolute Gasteiger partial charge is 0.472 e. The second-order valence-corrected chi connectivity index (χ2v) is 18.5. The molecule has 0 spiro atoms. The molecule has 0 radical (unpaired) electrons. The predicted octanol–water partition coefficient (Wildman–Crippen LogP) is 3.33. The number of phenolic OH excluding ortho intramolecular Hbond substituents is 1. The van der Waals surface area contributed by atoms with Gasteiger partial charge in [0.05, 0.1) is 19.5 Å². The third-order valence-corrected chi connectivity index (χ3v) is 14.0. The van der Waals surface area contributed by atoms with E-state index < -0.39 is 88.3 Å². The van der Waals surface area contributed by atoms with Crippen LogP contribution in [0.2, 0.25) is 0 Å². The van der Waals surface area contributed by atoms with Crippen molar-refractivity contribution in [3.05, 3.63) is 111 Å². The highest BCUT2D eigenvalue weighted by atomic mass is 32.7. The Balaban J connectivity index is 1.11. The molecule has 3 unspecified atom stereocenters. The first-order chi connectivity index (χ1) is 27.7. The van der Waals surface area contributed by atoms with Gasteiger partial charge in [0.15, 0.2) is 42.0 Å². The quantitative estimate of drug-likeness (QED) is 0.135. The molecule has 0 saturated carbocycles. The Hall–Kier alpha value is -4.67. The molecule has 20 nitrogen and oxygen atoms in total. The minimum absolute atomic E-state index is 0.0116. The van der Waals surface area contributed by atoms with Crippen LogP contribution in [0.15, 0.2) is 83.0 Å². The number of phosphoric acid groups is 1. The van der Waals surface area contributed by atoms with Gasteiger partial charge in [0.1, 0.15) is 42.0 Å². The van der Waals surface area contributed by atoms with Gasteiger partial charge < -0.3 is 25.2 Å². The number of ketones is 1. The van der Waals surface area contributed by atoms with Crippen molar-refractivity contribution in [1.29, 1.82) is 0 Å².